The Labute approximate surface area is 121 Å². The maximum atomic E-state index is 9.53. The van der Waals surface area contributed by atoms with Gasteiger partial charge in [0.15, 0.2) is 11.5 Å². The number of β-amino-alcohol motifs (C(OH)–C–C–N with tert-alkyl or cyclic N) is 1. The average molecular weight is 291 g/mol. The number of ether oxygens (including phenoxy) is 2. The minimum atomic E-state index is -0.369. The predicted molar refractivity (Wildman–Crippen MR) is 74.2 cm³/mol. The topological polar surface area (TPSA) is 89.6 Å². The van der Waals surface area contributed by atoms with E-state index in [0.29, 0.717) is 36.2 Å². The van der Waals surface area contributed by atoms with Crippen LogP contribution in [0.3, 0.4) is 0 Å². The van der Waals surface area contributed by atoms with E-state index in [4.69, 9.17) is 14.0 Å². The maximum Gasteiger partial charge on any atom is 0.244 e. The second-order valence-electron chi connectivity index (χ2n) is 4.88. The van der Waals surface area contributed by atoms with Gasteiger partial charge in [0.05, 0.1) is 26.4 Å². The van der Waals surface area contributed by atoms with E-state index in [1.54, 1.807) is 26.4 Å². The lowest BCUT2D eigenvalue weighted by Gasteiger charge is -2.07. The molecule has 1 saturated heterocycles. The Morgan fingerprint density at radius 1 is 1.29 bits per heavy atom. The molecular formula is C14H17N3O4. The fourth-order valence-corrected chi connectivity index (χ4v) is 2.37. The van der Waals surface area contributed by atoms with Crippen LogP contribution >= 0.6 is 0 Å². The van der Waals surface area contributed by atoms with Crippen molar-refractivity contribution in [3.63, 3.8) is 0 Å². The monoisotopic (exact) mass is 291 g/mol. The Hall–Kier alpha value is -2.12. The molecule has 0 spiro atoms. The molecule has 21 heavy (non-hydrogen) atoms. The number of hydrogen-bond donors (Lipinski definition) is 2. The number of nitrogens with zero attached hydrogens (tertiary/aromatic N) is 2. The summed E-state index contributed by atoms with van der Waals surface area (Å²) in [5.74, 6) is 2.21. The number of rotatable bonds is 4. The average Bonchev–Trinajstić information content (AvgIpc) is 3.15. The Kier molecular flexibility index (Phi) is 3.76. The molecule has 0 aliphatic carbocycles. The molecule has 0 radical (unpaired) electrons. The summed E-state index contributed by atoms with van der Waals surface area (Å²) in [5.41, 5.74) is 0.779. The van der Waals surface area contributed by atoms with Gasteiger partial charge in [0.2, 0.25) is 11.7 Å². The van der Waals surface area contributed by atoms with Gasteiger partial charge in [-0.25, -0.2) is 0 Å². The second-order valence-corrected chi connectivity index (χ2v) is 4.88. The molecular weight excluding hydrogens is 274 g/mol. The molecule has 1 aromatic heterocycles. The van der Waals surface area contributed by atoms with Crippen LogP contribution in [0.4, 0.5) is 0 Å². The van der Waals surface area contributed by atoms with Crippen LogP contribution in [0.15, 0.2) is 22.7 Å². The van der Waals surface area contributed by atoms with E-state index >= 15 is 0 Å². The number of hydrogen-bond acceptors (Lipinski definition) is 7. The molecule has 7 heteroatoms. The van der Waals surface area contributed by atoms with Gasteiger partial charge >= 0.3 is 0 Å². The van der Waals surface area contributed by atoms with Crippen LogP contribution in [0.25, 0.3) is 11.4 Å². The third-order valence-electron chi connectivity index (χ3n) is 3.49. The highest BCUT2D eigenvalue weighted by Crippen LogP contribution is 2.32. The van der Waals surface area contributed by atoms with Crippen LogP contribution in [0.2, 0.25) is 0 Å². The quantitative estimate of drug-likeness (QED) is 0.873. The first-order valence-corrected chi connectivity index (χ1v) is 6.68. The van der Waals surface area contributed by atoms with Crippen LogP contribution in [0.5, 0.6) is 11.5 Å². The number of aromatic nitrogens is 2. The van der Waals surface area contributed by atoms with Gasteiger partial charge in [-0.2, -0.15) is 4.98 Å². The van der Waals surface area contributed by atoms with Crippen LogP contribution < -0.4 is 14.8 Å². The second kappa shape index (κ2) is 5.71. The highest BCUT2D eigenvalue weighted by atomic mass is 16.5. The van der Waals surface area contributed by atoms with Crippen LogP contribution in [-0.4, -0.2) is 42.1 Å². The summed E-state index contributed by atoms with van der Waals surface area (Å²) >= 11 is 0. The van der Waals surface area contributed by atoms with Crippen molar-refractivity contribution in [1.82, 2.24) is 15.5 Å². The molecule has 0 bridgehead atoms. The molecule has 1 fully saturated rings. The molecule has 2 aromatic rings. The zero-order valence-corrected chi connectivity index (χ0v) is 11.9. The first-order valence-electron chi connectivity index (χ1n) is 6.68. The zero-order chi connectivity index (χ0) is 14.8. The standard InChI is InChI=1S/C14H17N3O4/c1-19-11-4-3-8(5-12(11)20-2)13-16-14(21-17-13)10-6-9(18)7-15-10/h3-5,9-10,15,18H,6-7H2,1-2H3/t9-,10-/m0/s1. The predicted octanol–water partition coefficient (Wildman–Crippen LogP) is 1.15. The molecule has 112 valence electrons. The van der Waals surface area contributed by atoms with Crippen molar-refractivity contribution in [3.8, 4) is 22.9 Å². The van der Waals surface area contributed by atoms with Crippen molar-refractivity contribution in [1.29, 1.82) is 0 Å². The minimum Gasteiger partial charge on any atom is -0.493 e. The SMILES string of the molecule is COc1ccc(-c2noc([C@@H]3C[C@H](O)CN3)n2)cc1OC. The Morgan fingerprint density at radius 2 is 2.10 bits per heavy atom. The molecule has 2 heterocycles. The largest absolute Gasteiger partial charge is 0.493 e. The van der Waals surface area contributed by atoms with Crippen molar-refractivity contribution < 1.29 is 19.1 Å². The number of benzene rings is 1. The van der Waals surface area contributed by atoms with E-state index in [9.17, 15) is 5.11 Å². The van der Waals surface area contributed by atoms with E-state index in [2.05, 4.69) is 15.5 Å². The molecule has 2 atom stereocenters. The normalized spacial score (nSPS) is 21.5. The van der Waals surface area contributed by atoms with Gasteiger partial charge in [-0.15, -0.1) is 0 Å². The number of methoxy groups -OCH3 is 2. The van der Waals surface area contributed by atoms with Crippen molar-refractivity contribution in [2.75, 3.05) is 20.8 Å². The summed E-state index contributed by atoms with van der Waals surface area (Å²) in [6, 6.07) is 5.33. The summed E-state index contributed by atoms with van der Waals surface area (Å²) in [7, 11) is 3.16. The van der Waals surface area contributed by atoms with E-state index in [1.807, 2.05) is 6.07 Å². The summed E-state index contributed by atoms with van der Waals surface area (Å²) in [6.45, 7) is 0.540. The summed E-state index contributed by atoms with van der Waals surface area (Å²) < 4.78 is 15.7. The molecule has 1 aromatic carbocycles. The fourth-order valence-electron chi connectivity index (χ4n) is 2.37. The van der Waals surface area contributed by atoms with E-state index in [1.165, 1.54) is 0 Å². The van der Waals surface area contributed by atoms with E-state index < -0.39 is 0 Å². The van der Waals surface area contributed by atoms with Crippen LogP contribution in [0, 0.1) is 0 Å². The van der Waals surface area contributed by atoms with E-state index in [-0.39, 0.29) is 12.1 Å². The first-order chi connectivity index (χ1) is 10.2. The lowest BCUT2D eigenvalue weighted by Crippen LogP contribution is -2.15. The van der Waals surface area contributed by atoms with Crippen molar-refractivity contribution in [3.05, 3.63) is 24.1 Å². The lowest BCUT2D eigenvalue weighted by molar-refractivity contribution is 0.191. The third kappa shape index (κ3) is 2.70. The van der Waals surface area contributed by atoms with Gasteiger partial charge in [0, 0.05) is 12.1 Å². The Balaban J connectivity index is 1.86. The molecule has 2 N–H and O–H groups in total. The van der Waals surface area contributed by atoms with Gasteiger partial charge in [-0.1, -0.05) is 5.16 Å². The highest BCUT2D eigenvalue weighted by molar-refractivity contribution is 5.60. The maximum absolute atomic E-state index is 9.53. The molecule has 1 aliphatic rings. The molecule has 0 unspecified atom stereocenters. The summed E-state index contributed by atoms with van der Waals surface area (Å²) in [5, 5.41) is 16.6. The Bertz CT molecular complexity index is 628. The fraction of sp³-hybridized carbons (Fsp3) is 0.429. The van der Waals surface area contributed by atoms with Crippen LogP contribution in [-0.2, 0) is 0 Å². The van der Waals surface area contributed by atoms with Crippen molar-refractivity contribution in [2.24, 2.45) is 0 Å². The lowest BCUT2D eigenvalue weighted by atomic mass is 10.2. The first kappa shape index (κ1) is 13.8. The van der Waals surface area contributed by atoms with E-state index in [0.717, 1.165) is 5.56 Å². The smallest absolute Gasteiger partial charge is 0.244 e. The van der Waals surface area contributed by atoms with Gasteiger partial charge < -0.3 is 24.4 Å². The van der Waals surface area contributed by atoms with Gasteiger partial charge in [0.25, 0.3) is 0 Å². The third-order valence-corrected chi connectivity index (χ3v) is 3.49. The van der Waals surface area contributed by atoms with Crippen molar-refractivity contribution >= 4 is 0 Å². The zero-order valence-electron chi connectivity index (χ0n) is 11.9. The summed E-state index contributed by atoms with van der Waals surface area (Å²) in [6.07, 6.45) is 0.208. The summed E-state index contributed by atoms with van der Waals surface area (Å²) in [4.78, 5) is 4.38. The van der Waals surface area contributed by atoms with Crippen molar-refractivity contribution in [2.45, 2.75) is 18.6 Å². The van der Waals surface area contributed by atoms with Gasteiger partial charge in [-0.3, -0.25) is 0 Å². The molecule has 7 nitrogen and oxygen atoms in total. The molecule has 0 amide bonds. The van der Waals surface area contributed by atoms with Crippen LogP contribution in [0.1, 0.15) is 18.4 Å². The molecule has 3 rings (SSSR count). The van der Waals surface area contributed by atoms with Gasteiger partial charge in [-0.05, 0) is 24.6 Å². The minimum absolute atomic E-state index is 0.0959. The number of nitrogens with one attached hydrogen (secondary N) is 1. The Morgan fingerprint density at radius 3 is 2.76 bits per heavy atom. The number of aliphatic hydroxyl groups excluding tert-OH is 1. The highest BCUT2D eigenvalue weighted by Gasteiger charge is 2.28. The molecule has 1 aliphatic heterocycles. The van der Waals surface area contributed by atoms with Gasteiger partial charge in [0.1, 0.15) is 0 Å². The number of aliphatic hydroxyl groups is 1. The molecule has 0 saturated carbocycles.